The van der Waals surface area contributed by atoms with Gasteiger partial charge in [0.15, 0.2) is 5.65 Å². The molecule has 2 atom stereocenters. The Morgan fingerprint density at radius 2 is 2.28 bits per heavy atom. The minimum absolute atomic E-state index is 0.177. The van der Waals surface area contributed by atoms with Crippen molar-refractivity contribution in [2.75, 3.05) is 24.5 Å². The molecule has 25 heavy (non-hydrogen) atoms. The third-order valence-electron chi connectivity index (χ3n) is 4.90. The molecule has 0 spiro atoms. The lowest BCUT2D eigenvalue weighted by atomic mass is 9.91. The summed E-state index contributed by atoms with van der Waals surface area (Å²) in [6.07, 6.45) is 10.00. The monoisotopic (exact) mass is 338 g/mol. The van der Waals surface area contributed by atoms with E-state index >= 15 is 0 Å². The Morgan fingerprint density at radius 1 is 1.44 bits per heavy atom. The van der Waals surface area contributed by atoms with Gasteiger partial charge >= 0.3 is 6.03 Å². The second-order valence-corrected chi connectivity index (χ2v) is 6.78. The van der Waals surface area contributed by atoms with E-state index in [4.69, 9.17) is 6.42 Å². The van der Waals surface area contributed by atoms with E-state index < -0.39 is 11.9 Å². The van der Waals surface area contributed by atoms with Crippen molar-refractivity contribution < 1.29 is 9.59 Å². The molecular formula is C17H18N6O2. The number of hydrogen-bond donors (Lipinski definition) is 2. The molecule has 2 aromatic rings. The standard InChI is InChI=1S/C17H18N6O2/c1-3-17(2)4-6-22(10-17)13-8-12(21-23-7-5-18-14(13)23)11-9-19-16(25)20-15(11)24/h1,5,7-8,11H,4,6,9-10H2,2H3,(H2,19,20,24,25). The molecule has 128 valence electrons. The average Bonchev–Trinajstić information content (AvgIpc) is 3.21. The zero-order chi connectivity index (χ0) is 17.6. The van der Waals surface area contributed by atoms with Crippen molar-refractivity contribution in [1.29, 1.82) is 0 Å². The molecule has 2 aliphatic rings. The molecule has 4 heterocycles. The van der Waals surface area contributed by atoms with E-state index in [0.29, 0.717) is 5.69 Å². The Kier molecular flexibility index (Phi) is 3.39. The van der Waals surface area contributed by atoms with Crippen LogP contribution in [0.5, 0.6) is 0 Å². The van der Waals surface area contributed by atoms with Gasteiger partial charge in [-0.3, -0.25) is 10.1 Å². The van der Waals surface area contributed by atoms with Crippen LogP contribution in [0.4, 0.5) is 10.5 Å². The normalized spacial score (nSPS) is 26.4. The van der Waals surface area contributed by atoms with E-state index in [1.807, 2.05) is 6.07 Å². The van der Waals surface area contributed by atoms with Gasteiger partial charge in [0.25, 0.3) is 0 Å². The minimum Gasteiger partial charge on any atom is -0.367 e. The van der Waals surface area contributed by atoms with Gasteiger partial charge in [0, 0.05) is 37.4 Å². The van der Waals surface area contributed by atoms with Crippen LogP contribution in [0.2, 0.25) is 0 Å². The summed E-state index contributed by atoms with van der Waals surface area (Å²) >= 11 is 0. The number of carbonyl (C=O) groups is 2. The van der Waals surface area contributed by atoms with Gasteiger partial charge < -0.3 is 10.2 Å². The molecular weight excluding hydrogens is 320 g/mol. The number of hydrogen-bond acceptors (Lipinski definition) is 5. The smallest absolute Gasteiger partial charge is 0.321 e. The highest BCUT2D eigenvalue weighted by molar-refractivity contribution is 6.00. The summed E-state index contributed by atoms with van der Waals surface area (Å²) < 4.78 is 1.67. The van der Waals surface area contributed by atoms with Gasteiger partial charge in [0.05, 0.1) is 17.3 Å². The maximum absolute atomic E-state index is 12.2. The first-order valence-electron chi connectivity index (χ1n) is 8.15. The van der Waals surface area contributed by atoms with Crippen LogP contribution in [0.15, 0.2) is 18.5 Å². The summed E-state index contributed by atoms with van der Waals surface area (Å²) in [5.74, 6) is 1.99. The first-order valence-corrected chi connectivity index (χ1v) is 8.15. The Bertz CT molecular complexity index is 913. The number of anilines is 1. The Morgan fingerprint density at radius 3 is 3.00 bits per heavy atom. The van der Waals surface area contributed by atoms with E-state index in [1.54, 1.807) is 16.9 Å². The van der Waals surface area contributed by atoms with Gasteiger partial charge in [-0.15, -0.1) is 6.42 Å². The zero-order valence-corrected chi connectivity index (χ0v) is 13.8. The zero-order valence-electron chi connectivity index (χ0n) is 13.8. The summed E-state index contributed by atoms with van der Waals surface area (Å²) in [6.45, 7) is 3.84. The van der Waals surface area contributed by atoms with Crippen LogP contribution in [0.1, 0.15) is 25.0 Å². The number of urea groups is 1. The Balaban J connectivity index is 1.75. The second kappa shape index (κ2) is 5.48. The minimum atomic E-state index is -0.537. The van der Waals surface area contributed by atoms with Crippen molar-refractivity contribution in [2.45, 2.75) is 19.3 Å². The molecule has 4 rings (SSSR count). The van der Waals surface area contributed by atoms with Gasteiger partial charge in [0.2, 0.25) is 5.91 Å². The maximum atomic E-state index is 12.2. The van der Waals surface area contributed by atoms with Crippen molar-refractivity contribution >= 4 is 23.3 Å². The van der Waals surface area contributed by atoms with Gasteiger partial charge in [0.1, 0.15) is 0 Å². The SMILES string of the molecule is C#CC1(C)CCN(c2cc(C3CNC(=O)NC3=O)nn3ccnc23)C1. The summed E-state index contributed by atoms with van der Waals surface area (Å²) in [5, 5.41) is 9.42. The predicted molar refractivity (Wildman–Crippen MR) is 91.0 cm³/mol. The van der Waals surface area contributed by atoms with E-state index in [-0.39, 0.29) is 17.9 Å². The highest BCUT2D eigenvalue weighted by atomic mass is 16.2. The van der Waals surface area contributed by atoms with Crippen molar-refractivity contribution in [1.82, 2.24) is 25.2 Å². The molecule has 0 bridgehead atoms. The number of fused-ring (bicyclic) bond motifs is 1. The van der Waals surface area contributed by atoms with Crippen LogP contribution in [0.3, 0.4) is 0 Å². The first-order chi connectivity index (χ1) is 12.0. The fourth-order valence-electron chi connectivity index (χ4n) is 3.38. The van der Waals surface area contributed by atoms with Gasteiger partial charge in [-0.2, -0.15) is 5.10 Å². The van der Waals surface area contributed by atoms with Crippen LogP contribution in [-0.2, 0) is 4.79 Å². The number of nitrogens with zero attached hydrogens (tertiary/aromatic N) is 4. The highest BCUT2D eigenvalue weighted by Crippen LogP contribution is 2.35. The average molecular weight is 338 g/mol. The molecule has 0 radical (unpaired) electrons. The topological polar surface area (TPSA) is 91.6 Å². The highest BCUT2D eigenvalue weighted by Gasteiger charge is 2.35. The summed E-state index contributed by atoms with van der Waals surface area (Å²) in [7, 11) is 0. The quantitative estimate of drug-likeness (QED) is 0.778. The van der Waals surface area contributed by atoms with Crippen molar-refractivity contribution in [2.24, 2.45) is 5.41 Å². The molecule has 2 unspecified atom stereocenters. The summed E-state index contributed by atoms with van der Waals surface area (Å²) in [4.78, 5) is 30.1. The molecule has 2 saturated heterocycles. The Labute approximate surface area is 144 Å². The molecule has 2 N–H and O–H groups in total. The number of nitrogens with one attached hydrogen (secondary N) is 2. The number of rotatable bonds is 2. The largest absolute Gasteiger partial charge is 0.367 e. The molecule has 8 nitrogen and oxygen atoms in total. The van der Waals surface area contributed by atoms with Crippen molar-refractivity contribution in [3.05, 3.63) is 24.2 Å². The molecule has 0 aromatic carbocycles. The molecule has 2 aromatic heterocycles. The number of terminal acetylenes is 1. The lowest BCUT2D eigenvalue weighted by molar-refractivity contribution is -0.122. The Hall–Kier alpha value is -3.08. The van der Waals surface area contributed by atoms with Gasteiger partial charge in [-0.1, -0.05) is 5.92 Å². The lowest BCUT2D eigenvalue weighted by Gasteiger charge is -2.25. The number of carbonyl (C=O) groups excluding carboxylic acids is 2. The predicted octanol–water partition coefficient (Wildman–Crippen LogP) is 0.502. The third kappa shape index (κ3) is 2.58. The molecule has 0 aliphatic carbocycles. The van der Waals surface area contributed by atoms with Crippen LogP contribution in [-0.4, -0.2) is 46.2 Å². The molecule has 2 fully saturated rings. The van der Waals surface area contributed by atoms with E-state index in [2.05, 4.69) is 38.5 Å². The second-order valence-electron chi connectivity index (χ2n) is 6.78. The number of amides is 3. The summed E-state index contributed by atoms with van der Waals surface area (Å²) in [6, 6.07) is 1.40. The van der Waals surface area contributed by atoms with Crippen LogP contribution in [0.25, 0.3) is 5.65 Å². The first kappa shape index (κ1) is 15.4. The van der Waals surface area contributed by atoms with Crippen LogP contribution in [0, 0.1) is 17.8 Å². The molecule has 2 aliphatic heterocycles. The van der Waals surface area contributed by atoms with Crippen LogP contribution < -0.4 is 15.5 Å². The molecule has 3 amide bonds. The fourth-order valence-corrected chi connectivity index (χ4v) is 3.38. The summed E-state index contributed by atoms with van der Waals surface area (Å²) in [5.41, 5.74) is 2.04. The van der Waals surface area contributed by atoms with E-state index in [9.17, 15) is 9.59 Å². The van der Waals surface area contributed by atoms with Crippen molar-refractivity contribution in [3.63, 3.8) is 0 Å². The number of aromatic nitrogens is 3. The third-order valence-corrected chi connectivity index (χ3v) is 4.90. The van der Waals surface area contributed by atoms with Gasteiger partial charge in [-0.05, 0) is 19.4 Å². The molecule has 0 saturated carbocycles. The number of imidazole rings is 1. The van der Waals surface area contributed by atoms with E-state index in [0.717, 1.165) is 30.8 Å². The van der Waals surface area contributed by atoms with Crippen molar-refractivity contribution in [3.8, 4) is 12.3 Å². The molecule has 8 heteroatoms. The number of imide groups is 1. The maximum Gasteiger partial charge on any atom is 0.321 e. The fraction of sp³-hybridized carbons (Fsp3) is 0.412. The van der Waals surface area contributed by atoms with Gasteiger partial charge in [-0.25, -0.2) is 14.3 Å². The van der Waals surface area contributed by atoms with E-state index in [1.165, 1.54) is 0 Å². The van der Waals surface area contributed by atoms with Crippen LogP contribution >= 0.6 is 0 Å². The lowest BCUT2D eigenvalue weighted by Crippen LogP contribution is -2.51.